The number of thioether (sulfide) groups is 1. The molecular weight excluding hydrogens is 224 g/mol. The molecule has 0 unspecified atom stereocenters. The van der Waals surface area contributed by atoms with Gasteiger partial charge in [-0.05, 0) is 30.9 Å². The van der Waals surface area contributed by atoms with E-state index in [1.54, 1.807) is 6.26 Å². The Hall–Kier alpha value is -1.20. The molecule has 0 radical (unpaired) electrons. The fourth-order valence-electron chi connectivity index (χ4n) is 1.28. The van der Waals surface area contributed by atoms with Gasteiger partial charge >= 0.3 is 0 Å². The maximum Gasteiger partial charge on any atom is 0.202 e. The lowest BCUT2D eigenvalue weighted by Crippen LogP contribution is -1.99. The van der Waals surface area contributed by atoms with Crippen molar-refractivity contribution in [1.82, 2.24) is 5.16 Å². The Bertz CT molecular complexity index is 411. The molecule has 0 aromatic carbocycles. The van der Waals surface area contributed by atoms with Crippen LogP contribution in [0.4, 0.5) is 0 Å². The van der Waals surface area contributed by atoms with Crippen molar-refractivity contribution in [3.05, 3.63) is 30.2 Å². The first-order valence-electron chi connectivity index (χ1n) is 5.17. The van der Waals surface area contributed by atoms with E-state index in [9.17, 15) is 0 Å². The van der Waals surface area contributed by atoms with Crippen molar-refractivity contribution in [2.45, 2.75) is 12.2 Å². The molecular formula is C11H14N2O2S. The van der Waals surface area contributed by atoms with Crippen LogP contribution in [0.15, 0.2) is 33.4 Å². The average Bonchev–Trinajstić information content (AvgIpc) is 2.94. The molecule has 4 nitrogen and oxygen atoms in total. The highest BCUT2D eigenvalue weighted by molar-refractivity contribution is 7.98. The van der Waals surface area contributed by atoms with Crippen LogP contribution < -0.4 is 5.73 Å². The van der Waals surface area contributed by atoms with Crippen molar-refractivity contribution >= 4 is 11.8 Å². The molecule has 0 saturated carbocycles. The number of hydrogen-bond donors (Lipinski definition) is 1. The first-order valence-corrected chi connectivity index (χ1v) is 6.33. The average molecular weight is 238 g/mol. The molecule has 0 saturated heterocycles. The molecule has 0 fully saturated rings. The molecule has 2 N–H and O–H groups in total. The van der Waals surface area contributed by atoms with E-state index in [-0.39, 0.29) is 0 Å². The number of nitrogens with two attached hydrogens (primary N) is 1. The van der Waals surface area contributed by atoms with Gasteiger partial charge in [-0.15, -0.1) is 0 Å². The monoisotopic (exact) mass is 238 g/mol. The summed E-state index contributed by atoms with van der Waals surface area (Å²) < 4.78 is 10.4. The van der Waals surface area contributed by atoms with Crippen molar-refractivity contribution in [3.8, 4) is 11.5 Å². The van der Waals surface area contributed by atoms with E-state index in [1.807, 2.05) is 30.0 Å². The third-order valence-electron chi connectivity index (χ3n) is 2.07. The minimum Gasteiger partial charge on any atom is -0.461 e. The normalized spacial score (nSPS) is 10.8. The Labute approximate surface area is 98.2 Å². The molecule has 0 aliphatic rings. The van der Waals surface area contributed by atoms with Gasteiger partial charge in [0.25, 0.3) is 0 Å². The molecule has 0 aliphatic carbocycles. The van der Waals surface area contributed by atoms with E-state index >= 15 is 0 Å². The first-order chi connectivity index (χ1) is 7.90. The second-order valence-electron chi connectivity index (χ2n) is 3.35. The van der Waals surface area contributed by atoms with Gasteiger partial charge in [-0.3, -0.25) is 0 Å². The molecule has 0 atom stereocenters. The van der Waals surface area contributed by atoms with Crippen LogP contribution >= 0.6 is 11.8 Å². The molecule has 2 rings (SSSR count). The summed E-state index contributed by atoms with van der Waals surface area (Å²) >= 11 is 1.81. The standard InChI is InChI=1S/C11H14N2O2S/c12-4-2-6-16-8-9-7-11(15-13-9)10-3-1-5-14-10/h1,3,5,7H,2,4,6,8,12H2. The molecule has 0 aliphatic heterocycles. The summed E-state index contributed by atoms with van der Waals surface area (Å²) in [6, 6.07) is 5.59. The number of furan rings is 1. The third-order valence-corrected chi connectivity index (χ3v) is 3.14. The predicted octanol–water partition coefficient (Wildman–Crippen LogP) is 2.52. The first kappa shape index (κ1) is 11.3. The van der Waals surface area contributed by atoms with Crippen LogP contribution in [-0.4, -0.2) is 17.5 Å². The maximum atomic E-state index is 5.42. The number of hydrogen-bond acceptors (Lipinski definition) is 5. The van der Waals surface area contributed by atoms with Crippen molar-refractivity contribution < 1.29 is 8.94 Å². The Morgan fingerprint density at radius 3 is 3.06 bits per heavy atom. The topological polar surface area (TPSA) is 65.2 Å². The second kappa shape index (κ2) is 5.77. The zero-order valence-electron chi connectivity index (χ0n) is 8.89. The van der Waals surface area contributed by atoms with Crippen LogP contribution in [-0.2, 0) is 5.75 Å². The van der Waals surface area contributed by atoms with Crippen molar-refractivity contribution in [2.75, 3.05) is 12.3 Å². The van der Waals surface area contributed by atoms with Gasteiger partial charge in [0.15, 0.2) is 5.76 Å². The van der Waals surface area contributed by atoms with Crippen LogP contribution in [0, 0.1) is 0 Å². The predicted molar refractivity (Wildman–Crippen MR) is 64.0 cm³/mol. The quantitative estimate of drug-likeness (QED) is 0.783. The Balaban J connectivity index is 1.88. The van der Waals surface area contributed by atoms with E-state index in [1.165, 1.54) is 0 Å². The Morgan fingerprint density at radius 2 is 2.31 bits per heavy atom. The fourth-order valence-corrected chi connectivity index (χ4v) is 2.14. The van der Waals surface area contributed by atoms with Gasteiger partial charge in [0.1, 0.15) is 0 Å². The van der Waals surface area contributed by atoms with Crippen LogP contribution in [0.1, 0.15) is 12.1 Å². The van der Waals surface area contributed by atoms with Crippen LogP contribution in [0.3, 0.4) is 0 Å². The van der Waals surface area contributed by atoms with Gasteiger partial charge in [-0.2, -0.15) is 11.8 Å². The highest BCUT2D eigenvalue weighted by Gasteiger charge is 2.08. The lowest BCUT2D eigenvalue weighted by Gasteiger charge is -1.95. The van der Waals surface area contributed by atoms with Crippen LogP contribution in [0.25, 0.3) is 11.5 Å². The summed E-state index contributed by atoms with van der Waals surface area (Å²) in [5.41, 5.74) is 6.35. The summed E-state index contributed by atoms with van der Waals surface area (Å²) in [6.45, 7) is 0.740. The molecule has 0 spiro atoms. The Morgan fingerprint density at radius 1 is 1.38 bits per heavy atom. The van der Waals surface area contributed by atoms with Crippen molar-refractivity contribution in [2.24, 2.45) is 5.73 Å². The minimum atomic E-state index is 0.680. The third kappa shape index (κ3) is 2.90. The molecule has 2 aromatic rings. The van der Waals surface area contributed by atoms with Crippen molar-refractivity contribution in [1.29, 1.82) is 0 Å². The summed E-state index contributed by atoms with van der Waals surface area (Å²) in [6.07, 6.45) is 2.65. The highest BCUT2D eigenvalue weighted by Crippen LogP contribution is 2.22. The van der Waals surface area contributed by atoms with E-state index in [4.69, 9.17) is 14.7 Å². The van der Waals surface area contributed by atoms with Gasteiger partial charge in [0.05, 0.1) is 12.0 Å². The number of aromatic nitrogens is 1. The molecule has 86 valence electrons. The van der Waals surface area contributed by atoms with Gasteiger partial charge in [-0.1, -0.05) is 5.16 Å². The van der Waals surface area contributed by atoms with E-state index in [0.717, 1.165) is 30.2 Å². The molecule has 2 heterocycles. The molecule has 16 heavy (non-hydrogen) atoms. The summed E-state index contributed by atoms with van der Waals surface area (Å²) in [7, 11) is 0. The molecule has 0 amide bonds. The zero-order chi connectivity index (χ0) is 11.2. The molecule has 5 heteroatoms. The maximum absolute atomic E-state index is 5.42. The van der Waals surface area contributed by atoms with Crippen LogP contribution in [0.5, 0.6) is 0 Å². The SMILES string of the molecule is NCCCSCc1cc(-c2ccco2)on1. The van der Waals surface area contributed by atoms with E-state index < -0.39 is 0 Å². The summed E-state index contributed by atoms with van der Waals surface area (Å²) in [4.78, 5) is 0. The zero-order valence-corrected chi connectivity index (χ0v) is 9.70. The van der Waals surface area contributed by atoms with Gasteiger partial charge < -0.3 is 14.7 Å². The van der Waals surface area contributed by atoms with Crippen molar-refractivity contribution in [3.63, 3.8) is 0 Å². The largest absolute Gasteiger partial charge is 0.461 e. The van der Waals surface area contributed by atoms with E-state index in [0.29, 0.717) is 11.5 Å². The minimum absolute atomic E-state index is 0.680. The van der Waals surface area contributed by atoms with Gasteiger partial charge in [0.2, 0.25) is 5.76 Å². The van der Waals surface area contributed by atoms with Gasteiger partial charge in [-0.25, -0.2) is 0 Å². The molecule has 0 bridgehead atoms. The molecule has 2 aromatic heterocycles. The number of nitrogens with zero attached hydrogens (tertiary/aromatic N) is 1. The second-order valence-corrected chi connectivity index (χ2v) is 4.46. The smallest absolute Gasteiger partial charge is 0.202 e. The van der Waals surface area contributed by atoms with E-state index in [2.05, 4.69) is 5.16 Å². The summed E-state index contributed by atoms with van der Waals surface area (Å²) in [5.74, 6) is 3.30. The summed E-state index contributed by atoms with van der Waals surface area (Å²) in [5, 5.41) is 3.98. The fraction of sp³-hybridized carbons (Fsp3) is 0.364. The number of rotatable bonds is 6. The van der Waals surface area contributed by atoms with Crippen LogP contribution in [0.2, 0.25) is 0 Å². The van der Waals surface area contributed by atoms with Gasteiger partial charge in [0, 0.05) is 11.8 Å². The Kier molecular flexibility index (Phi) is 4.07. The highest BCUT2D eigenvalue weighted by atomic mass is 32.2. The lowest BCUT2D eigenvalue weighted by atomic mass is 10.3. The lowest BCUT2D eigenvalue weighted by molar-refractivity contribution is 0.413.